The van der Waals surface area contributed by atoms with Crippen LogP contribution in [0.4, 0.5) is 0 Å². The summed E-state index contributed by atoms with van der Waals surface area (Å²) in [7, 11) is 0. The first-order valence-electron chi connectivity index (χ1n) is 8.91. The van der Waals surface area contributed by atoms with Crippen LogP contribution in [0.25, 0.3) is 0 Å². The predicted molar refractivity (Wildman–Crippen MR) is 101 cm³/mol. The van der Waals surface area contributed by atoms with Crippen LogP contribution in [0, 0.1) is 5.92 Å². The number of aromatic hydroxyl groups is 1. The Kier molecular flexibility index (Phi) is 5.33. The Hall–Kier alpha value is -1.81. The quantitative estimate of drug-likeness (QED) is 0.732. The SMILES string of the molecule is CC(C)(C)c1cc(C(=O)N[C@@H]2C=C[C@H](CO)C2)cc(C(C)(C)C)c1O. The molecule has 1 aliphatic carbocycles. The number of phenolic OH excluding ortho intramolecular Hbond substituents is 1. The molecular weight excluding hydrogens is 314 g/mol. The Bertz CT molecular complexity index is 642. The Morgan fingerprint density at radius 3 is 2.00 bits per heavy atom. The smallest absolute Gasteiger partial charge is 0.251 e. The molecule has 1 amide bonds. The third-order valence-corrected chi connectivity index (χ3v) is 4.71. The zero-order chi connectivity index (χ0) is 19.0. The van der Waals surface area contributed by atoms with Gasteiger partial charge in [0.1, 0.15) is 5.75 Å². The van der Waals surface area contributed by atoms with E-state index in [0.29, 0.717) is 5.56 Å². The summed E-state index contributed by atoms with van der Waals surface area (Å²) in [5.41, 5.74) is 1.58. The number of benzene rings is 1. The van der Waals surface area contributed by atoms with Crippen molar-refractivity contribution in [2.75, 3.05) is 6.61 Å². The van der Waals surface area contributed by atoms with Gasteiger partial charge in [-0.3, -0.25) is 4.79 Å². The highest BCUT2D eigenvalue weighted by molar-refractivity contribution is 5.95. The molecule has 2 atom stereocenters. The topological polar surface area (TPSA) is 69.6 Å². The maximum Gasteiger partial charge on any atom is 0.251 e. The highest BCUT2D eigenvalue weighted by Gasteiger charge is 2.28. The summed E-state index contributed by atoms with van der Waals surface area (Å²) in [4.78, 5) is 12.8. The van der Waals surface area contributed by atoms with Crippen molar-refractivity contribution >= 4 is 5.91 Å². The van der Waals surface area contributed by atoms with Gasteiger partial charge in [-0.2, -0.15) is 0 Å². The summed E-state index contributed by atoms with van der Waals surface area (Å²) in [5, 5.41) is 23.0. The van der Waals surface area contributed by atoms with Gasteiger partial charge in [0, 0.05) is 35.3 Å². The number of amides is 1. The van der Waals surface area contributed by atoms with Gasteiger partial charge in [-0.25, -0.2) is 0 Å². The highest BCUT2D eigenvalue weighted by atomic mass is 16.3. The molecule has 2 rings (SSSR count). The van der Waals surface area contributed by atoms with Gasteiger partial charge in [0.25, 0.3) is 5.91 Å². The molecule has 25 heavy (non-hydrogen) atoms. The van der Waals surface area contributed by atoms with Crippen LogP contribution in [0.5, 0.6) is 5.75 Å². The largest absolute Gasteiger partial charge is 0.507 e. The lowest BCUT2D eigenvalue weighted by Gasteiger charge is -2.28. The lowest BCUT2D eigenvalue weighted by Crippen LogP contribution is -2.33. The van der Waals surface area contributed by atoms with Gasteiger partial charge >= 0.3 is 0 Å². The van der Waals surface area contributed by atoms with Crippen molar-refractivity contribution in [3.05, 3.63) is 41.0 Å². The first-order valence-corrected chi connectivity index (χ1v) is 8.91. The van der Waals surface area contributed by atoms with Crippen LogP contribution < -0.4 is 5.32 Å². The predicted octanol–water partition coefficient (Wildman–Crippen LogP) is 3.65. The summed E-state index contributed by atoms with van der Waals surface area (Å²) in [6, 6.07) is 3.53. The van der Waals surface area contributed by atoms with Gasteiger partial charge in [-0.05, 0) is 29.4 Å². The van der Waals surface area contributed by atoms with Crippen LogP contribution in [-0.4, -0.2) is 28.8 Å². The number of hydrogen-bond donors (Lipinski definition) is 3. The Balaban J connectivity index is 2.37. The average molecular weight is 345 g/mol. The van der Waals surface area contributed by atoms with E-state index in [9.17, 15) is 15.0 Å². The molecular formula is C21H31NO3. The molecule has 0 radical (unpaired) electrons. The first-order chi connectivity index (χ1) is 11.4. The third kappa shape index (κ3) is 4.43. The van der Waals surface area contributed by atoms with E-state index >= 15 is 0 Å². The molecule has 0 spiro atoms. The van der Waals surface area contributed by atoms with E-state index < -0.39 is 0 Å². The number of carbonyl (C=O) groups excluding carboxylic acids is 1. The number of aliphatic hydroxyl groups is 1. The number of rotatable bonds is 3. The zero-order valence-electron chi connectivity index (χ0n) is 16.2. The fraction of sp³-hybridized carbons (Fsp3) is 0.571. The number of aliphatic hydroxyl groups excluding tert-OH is 1. The molecule has 0 aliphatic heterocycles. The lowest BCUT2D eigenvalue weighted by molar-refractivity contribution is 0.0940. The Morgan fingerprint density at radius 1 is 1.08 bits per heavy atom. The molecule has 1 aromatic rings. The fourth-order valence-electron chi connectivity index (χ4n) is 3.18. The summed E-state index contributed by atoms with van der Waals surface area (Å²) in [5.74, 6) is 0.238. The molecule has 4 nitrogen and oxygen atoms in total. The summed E-state index contributed by atoms with van der Waals surface area (Å²) >= 11 is 0. The lowest BCUT2D eigenvalue weighted by atomic mass is 9.78. The van der Waals surface area contributed by atoms with E-state index in [0.717, 1.165) is 17.5 Å². The molecule has 1 aromatic carbocycles. The molecule has 0 bridgehead atoms. The summed E-state index contributed by atoms with van der Waals surface area (Å²) in [6.45, 7) is 12.3. The molecule has 4 heteroatoms. The average Bonchev–Trinajstić information content (AvgIpc) is 2.92. The van der Waals surface area contributed by atoms with E-state index in [1.54, 1.807) is 12.1 Å². The Morgan fingerprint density at radius 2 is 1.60 bits per heavy atom. The maximum atomic E-state index is 12.8. The van der Waals surface area contributed by atoms with Gasteiger partial charge in [-0.15, -0.1) is 0 Å². The van der Waals surface area contributed by atoms with E-state index in [4.69, 9.17) is 0 Å². The van der Waals surface area contributed by atoms with E-state index in [1.165, 1.54) is 0 Å². The van der Waals surface area contributed by atoms with Crippen LogP contribution >= 0.6 is 0 Å². The van der Waals surface area contributed by atoms with Gasteiger partial charge in [0.2, 0.25) is 0 Å². The second-order valence-electron chi connectivity index (χ2n) is 9.06. The normalized spacial score (nSPS) is 20.8. The molecule has 0 saturated heterocycles. The van der Waals surface area contributed by atoms with Crippen LogP contribution in [0.1, 0.15) is 69.4 Å². The summed E-state index contributed by atoms with van der Waals surface area (Å²) in [6.07, 6.45) is 4.61. The standard InChI is InChI=1S/C21H31NO3/c1-20(2,3)16-10-14(11-17(18(16)24)21(4,5)6)19(25)22-15-8-7-13(9-15)12-23/h7-8,10-11,13,15,23-24H,9,12H2,1-6H3,(H,22,25)/t13-,15+/m0/s1. The van der Waals surface area contributed by atoms with Crippen molar-refractivity contribution in [2.45, 2.75) is 64.8 Å². The Labute approximate surface area is 151 Å². The minimum absolute atomic E-state index is 0.0605. The second kappa shape index (κ2) is 6.83. The molecule has 0 fully saturated rings. The van der Waals surface area contributed by atoms with Crippen molar-refractivity contribution in [1.82, 2.24) is 5.32 Å². The first kappa shape index (κ1) is 19.5. The van der Waals surface area contributed by atoms with Gasteiger partial charge in [-0.1, -0.05) is 53.7 Å². The monoisotopic (exact) mass is 345 g/mol. The van der Waals surface area contributed by atoms with Crippen molar-refractivity contribution in [1.29, 1.82) is 0 Å². The highest BCUT2D eigenvalue weighted by Crippen LogP contribution is 2.39. The van der Waals surface area contributed by atoms with E-state index in [-0.39, 0.29) is 41.1 Å². The van der Waals surface area contributed by atoms with Gasteiger partial charge in [0.15, 0.2) is 0 Å². The van der Waals surface area contributed by atoms with E-state index in [1.807, 2.05) is 53.7 Å². The third-order valence-electron chi connectivity index (χ3n) is 4.71. The van der Waals surface area contributed by atoms with Gasteiger partial charge < -0.3 is 15.5 Å². The van der Waals surface area contributed by atoms with E-state index in [2.05, 4.69) is 5.32 Å². The van der Waals surface area contributed by atoms with Crippen LogP contribution in [0.2, 0.25) is 0 Å². The number of phenols is 1. The van der Waals surface area contributed by atoms with Gasteiger partial charge in [0.05, 0.1) is 0 Å². The number of hydrogen-bond acceptors (Lipinski definition) is 3. The van der Waals surface area contributed by atoms with Crippen LogP contribution in [0.3, 0.4) is 0 Å². The van der Waals surface area contributed by atoms with Crippen molar-refractivity contribution in [2.24, 2.45) is 5.92 Å². The summed E-state index contributed by atoms with van der Waals surface area (Å²) < 4.78 is 0. The second-order valence-corrected chi connectivity index (χ2v) is 9.06. The fourth-order valence-corrected chi connectivity index (χ4v) is 3.18. The molecule has 1 aliphatic rings. The number of carbonyl (C=O) groups is 1. The van der Waals surface area contributed by atoms with Crippen molar-refractivity contribution in [3.8, 4) is 5.75 Å². The molecule has 0 unspecified atom stereocenters. The maximum absolute atomic E-state index is 12.8. The molecule has 0 heterocycles. The van der Waals surface area contributed by atoms with Crippen molar-refractivity contribution < 1.29 is 15.0 Å². The van der Waals surface area contributed by atoms with Crippen LogP contribution in [-0.2, 0) is 10.8 Å². The van der Waals surface area contributed by atoms with Crippen molar-refractivity contribution in [3.63, 3.8) is 0 Å². The molecule has 0 saturated carbocycles. The molecule has 138 valence electrons. The molecule has 0 aromatic heterocycles. The molecule has 3 N–H and O–H groups in total. The zero-order valence-corrected chi connectivity index (χ0v) is 16.2. The van der Waals surface area contributed by atoms with Crippen LogP contribution in [0.15, 0.2) is 24.3 Å². The minimum atomic E-state index is -0.268. The number of nitrogens with one attached hydrogen (secondary N) is 1. The minimum Gasteiger partial charge on any atom is -0.507 e.